The molecule has 0 spiro atoms. The van der Waals surface area contributed by atoms with Gasteiger partial charge in [-0.05, 0) is 27.7 Å². The first-order chi connectivity index (χ1) is 9.83. The quantitative estimate of drug-likeness (QED) is 0.891. The lowest BCUT2D eigenvalue weighted by atomic mass is 10.1. The lowest BCUT2D eigenvalue weighted by molar-refractivity contribution is 0.183. The van der Waals surface area contributed by atoms with Crippen molar-refractivity contribution in [2.75, 3.05) is 25.7 Å². The number of rotatable bonds is 6. The van der Waals surface area contributed by atoms with Crippen molar-refractivity contribution in [3.05, 3.63) is 17.3 Å². The molecule has 0 saturated carbocycles. The Morgan fingerprint density at radius 3 is 2.81 bits per heavy atom. The van der Waals surface area contributed by atoms with E-state index in [4.69, 9.17) is 9.72 Å². The van der Waals surface area contributed by atoms with E-state index in [1.165, 1.54) is 5.69 Å². The van der Waals surface area contributed by atoms with Crippen molar-refractivity contribution in [2.45, 2.75) is 45.8 Å². The Morgan fingerprint density at radius 2 is 2.19 bits per heavy atom. The Labute approximate surface area is 130 Å². The summed E-state index contributed by atoms with van der Waals surface area (Å²) in [6.07, 6.45) is 2.09. The summed E-state index contributed by atoms with van der Waals surface area (Å²) < 4.78 is 7.44. The number of fused-ring (bicyclic) bond motifs is 1. The van der Waals surface area contributed by atoms with E-state index in [2.05, 4.69) is 60.9 Å². The van der Waals surface area contributed by atoms with Gasteiger partial charge in [0.05, 0.1) is 18.3 Å². The number of thiazole rings is 1. The number of ether oxygens (including phenoxy) is 1. The van der Waals surface area contributed by atoms with Crippen molar-refractivity contribution in [3.63, 3.8) is 0 Å². The number of nitrogens with zero attached hydrogens (tertiary/aromatic N) is 3. The molecule has 0 fully saturated rings. The summed E-state index contributed by atoms with van der Waals surface area (Å²) in [4.78, 5) is 8.02. The van der Waals surface area contributed by atoms with Crippen LogP contribution in [0.15, 0.2) is 11.6 Å². The first-order valence-corrected chi connectivity index (χ1v) is 8.12. The van der Waals surface area contributed by atoms with E-state index in [1.54, 1.807) is 18.4 Å². The first kappa shape index (κ1) is 16.3. The van der Waals surface area contributed by atoms with Gasteiger partial charge in [0.2, 0.25) is 0 Å². The molecule has 2 aromatic rings. The summed E-state index contributed by atoms with van der Waals surface area (Å²) in [5, 5.41) is 5.63. The second kappa shape index (κ2) is 6.34. The van der Waals surface area contributed by atoms with E-state index in [-0.39, 0.29) is 11.6 Å². The van der Waals surface area contributed by atoms with Gasteiger partial charge in [-0.15, -0.1) is 11.3 Å². The highest BCUT2D eigenvalue weighted by Crippen LogP contribution is 2.25. The summed E-state index contributed by atoms with van der Waals surface area (Å²) in [6.45, 7) is 10.2. The molecule has 0 aliphatic heterocycles. The number of imidazole rings is 1. The fraction of sp³-hybridized carbons (Fsp3) is 0.667. The van der Waals surface area contributed by atoms with Gasteiger partial charge in [0, 0.05) is 37.8 Å². The smallest absolute Gasteiger partial charge is 0.195 e. The molecule has 1 unspecified atom stereocenters. The maximum atomic E-state index is 5.27. The second-order valence-corrected chi connectivity index (χ2v) is 7.33. The van der Waals surface area contributed by atoms with E-state index in [0.717, 1.165) is 17.3 Å². The summed E-state index contributed by atoms with van der Waals surface area (Å²) >= 11 is 1.66. The molecular weight excluding hydrogens is 284 g/mol. The SMILES string of the molecule is COCC(C)N(C)c1nc2sccn2c1CNC(C)(C)C. The Balaban J connectivity index is 2.31. The van der Waals surface area contributed by atoms with Gasteiger partial charge in [-0.25, -0.2) is 4.98 Å². The zero-order valence-corrected chi connectivity index (χ0v) is 14.6. The van der Waals surface area contributed by atoms with Crippen molar-refractivity contribution < 1.29 is 4.74 Å². The van der Waals surface area contributed by atoms with Crippen LogP contribution in [-0.2, 0) is 11.3 Å². The summed E-state index contributed by atoms with van der Waals surface area (Å²) in [5.74, 6) is 1.03. The fourth-order valence-electron chi connectivity index (χ4n) is 2.18. The first-order valence-electron chi connectivity index (χ1n) is 7.24. The molecule has 118 valence electrons. The molecule has 2 heterocycles. The maximum Gasteiger partial charge on any atom is 0.195 e. The van der Waals surface area contributed by atoms with Gasteiger partial charge in [-0.2, -0.15) is 0 Å². The summed E-state index contributed by atoms with van der Waals surface area (Å²) in [6, 6.07) is 0.285. The third kappa shape index (κ3) is 3.75. The van der Waals surface area contributed by atoms with E-state index >= 15 is 0 Å². The van der Waals surface area contributed by atoms with Gasteiger partial charge in [0.15, 0.2) is 10.8 Å². The van der Waals surface area contributed by atoms with E-state index in [0.29, 0.717) is 6.61 Å². The molecule has 2 rings (SSSR count). The molecule has 0 amide bonds. The number of likely N-dealkylation sites (N-methyl/N-ethyl adjacent to an activating group) is 1. The van der Waals surface area contributed by atoms with E-state index in [1.807, 2.05) is 0 Å². The van der Waals surface area contributed by atoms with Gasteiger partial charge in [-0.1, -0.05) is 0 Å². The predicted octanol–water partition coefficient (Wildman–Crippen LogP) is 2.76. The molecule has 1 N–H and O–H groups in total. The number of anilines is 1. The van der Waals surface area contributed by atoms with Crippen LogP contribution in [-0.4, -0.2) is 41.7 Å². The van der Waals surface area contributed by atoms with Crippen LogP contribution in [0.2, 0.25) is 0 Å². The summed E-state index contributed by atoms with van der Waals surface area (Å²) in [7, 11) is 3.81. The van der Waals surface area contributed by atoms with Crippen LogP contribution in [0.5, 0.6) is 0 Å². The minimum atomic E-state index is 0.0775. The third-order valence-electron chi connectivity index (χ3n) is 3.53. The molecule has 6 heteroatoms. The van der Waals surface area contributed by atoms with Gasteiger partial charge in [-0.3, -0.25) is 4.40 Å². The fourth-order valence-corrected chi connectivity index (χ4v) is 2.91. The van der Waals surface area contributed by atoms with Gasteiger partial charge in [0.25, 0.3) is 0 Å². The van der Waals surface area contributed by atoms with Crippen LogP contribution in [0.4, 0.5) is 5.82 Å². The van der Waals surface area contributed by atoms with Crippen molar-refractivity contribution in [1.82, 2.24) is 14.7 Å². The number of nitrogens with one attached hydrogen (secondary N) is 1. The Hall–Kier alpha value is -1.11. The van der Waals surface area contributed by atoms with Crippen molar-refractivity contribution in [2.24, 2.45) is 0 Å². The normalized spacial score (nSPS) is 13.8. The van der Waals surface area contributed by atoms with Crippen LogP contribution < -0.4 is 10.2 Å². The molecule has 0 radical (unpaired) electrons. The van der Waals surface area contributed by atoms with Gasteiger partial charge < -0.3 is 15.0 Å². The van der Waals surface area contributed by atoms with Crippen LogP contribution in [0.1, 0.15) is 33.4 Å². The molecule has 0 saturated heterocycles. The minimum Gasteiger partial charge on any atom is -0.383 e. The predicted molar refractivity (Wildman–Crippen MR) is 89.4 cm³/mol. The summed E-state index contributed by atoms with van der Waals surface area (Å²) in [5.41, 5.74) is 1.28. The van der Waals surface area contributed by atoms with Crippen LogP contribution in [0, 0.1) is 0 Å². The molecule has 1 atom stereocenters. The maximum absolute atomic E-state index is 5.27. The van der Waals surface area contributed by atoms with E-state index < -0.39 is 0 Å². The second-order valence-electron chi connectivity index (χ2n) is 6.46. The van der Waals surface area contributed by atoms with Crippen molar-refractivity contribution >= 4 is 22.1 Å². The number of aromatic nitrogens is 2. The highest BCUT2D eigenvalue weighted by atomic mass is 32.1. The Bertz CT molecular complexity index is 584. The molecule has 0 aromatic carbocycles. The number of hydrogen-bond donors (Lipinski definition) is 1. The van der Waals surface area contributed by atoms with Gasteiger partial charge in [0.1, 0.15) is 0 Å². The average molecular weight is 310 g/mol. The molecule has 0 bridgehead atoms. The van der Waals surface area contributed by atoms with E-state index in [9.17, 15) is 0 Å². The molecule has 2 aromatic heterocycles. The molecule has 5 nitrogen and oxygen atoms in total. The van der Waals surface area contributed by atoms with Crippen LogP contribution in [0.25, 0.3) is 4.96 Å². The standard InChI is InChI=1S/C15H26N4OS/c1-11(10-20-6)18(5)13-12(9-16-15(2,3)4)19-7-8-21-14(19)17-13/h7-8,11,16H,9-10H2,1-6H3. The average Bonchev–Trinajstić information content (AvgIpc) is 2.95. The van der Waals surface area contributed by atoms with Crippen molar-refractivity contribution in [1.29, 1.82) is 0 Å². The Kier molecular flexibility index (Phi) is 4.91. The third-order valence-corrected chi connectivity index (χ3v) is 4.29. The number of methoxy groups -OCH3 is 1. The Morgan fingerprint density at radius 1 is 1.48 bits per heavy atom. The topological polar surface area (TPSA) is 41.8 Å². The lowest BCUT2D eigenvalue weighted by Gasteiger charge is -2.26. The van der Waals surface area contributed by atoms with Crippen LogP contribution in [0.3, 0.4) is 0 Å². The lowest BCUT2D eigenvalue weighted by Crippen LogP contribution is -2.37. The van der Waals surface area contributed by atoms with Crippen LogP contribution >= 0.6 is 11.3 Å². The molecule has 0 aliphatic rings. The molecule has 0 aliphatic carbocycles. The highest BCUT2D eigenvalue weighted by Gasteiger charge is 2.21. The molecule has 21 heavy (non-hydrogen) atoms. The number of hydrogen-bond acceptors (Lipinski definition) is 5. The molecular formula is C15H26N4OS. The monoisotopic (exact) mass is 310 g/mol. The minimum absolute atomic E-state index is 0.0775. The zero-order chi connectivity index (χ0) is 15.6. The van der Waals surface area contributed by atoms with Crippen molar-refractivity contribution in [3.8, 4) is 0 Å². The van der Waals surface area contributed by atoms with Gasteiger partial charge >= 0.3 is 0 Å². The zero-order valence-electron chi connectivity index (χ0n) is 13.8. The largest absolute Gasteiger partial charge is 0.383 e. The highest BCUT2D eigenvalue weighted by molar-refractivity contribution is 7.15.